The second kappa shape index (κ2) is 7.26. The second-order valence-corrected chi connectivity index (χ2v) is 9.03. The van der Waals surface area contributed by atoms with Crippen molar-refractivity contribution < 1.29 is 13.6 Å². The summed E-state index contributed by atoms with van der Waals surface area (Å²) in [4.78, 5) is 15.4. The summed E-state index contributed by atoms with van der Waals surface area (Å²) in [6.07, 6.45) is 3.68. The van der Waals surface area contributed by atoms with Crippen LogP contribution in [0.5, 0.6) is 0 Å². The molecule has 3 aromatic rings. The average molecular weight is 444 g/mol. The summed E-state index contributed by atoms with van der Waals surface area (Å²) in [5, 5.41) is 17.6. The number of aromatic nitrogens is 2. The minimum absolute atomic E-state index is 0.00297. The molecular formula is C22H23F2N5OS. The van der Waals surface area contributed by atoms with Crippen LogP contribution >= 0.6 is 11.3 Å². The number of halogens is 2. The highest BCUT2D eigenvalue weighted by molar-refractivity contribution is 7.10. The standard InChI is InChI=1S/C22H23F2N5OS/c1-21(17-9-14(12-31-17)15-10-26-28(3)11-15)18(19(30)29(4)20(25)27-21)13-5-7-16(8-6-13)22(2,23)24/h5-12,18H,1-4H3,(H2,25,27)/t18?,21-/m1/s1. The van der Waals surface area contributed by atoms with Crippen molar-refractivity contribution in [2.45, 2.75) is 31.2 Å². The van der Waals surface area contributed by atoms with Crippen LogP contribution in [0.1, 0.15) is 35.8 Å². The van der Waals surface area contributed by atoms with Gasteiger partial charge in [0, 0.05) is 43.2 Å². The van der Waals surface area contributed by atoms with E-state index in [1.165, 1.54) is 35.4 Å². The van der Waals surface area contributed by atoms with Crippen LogP contribution in [0.3, 0.4) is 0 Å². The molecule has 9 heteroatoms. The molecule has 31 heavy (non-hydrogen) atoms. The number of carbonyl (C=O) groups excluding carboxylic acids is 1. The fraction of sp³-hybridized carbons (Fsp3) is 0.318. The molecule has 1 fully saturated rings. The number of guanidine groups is 1. The molecule has 162 valence electrons. The van der Waals surface area contributed by atoms with E-state index in [9.17, 15) is 13.6 Å². The van der Waals surface area contributed by atoms with Crippen molar-refractivity contribution in [3.05, 3.63) is 64.1 Å². The first-order valence-corrected chi connectivity index (χ1v) is 10.6. The quantitative estimate of drug-likeness (QED) is 0.633. The number of likely N-dealkylation sites (N-methyl/N-ethyl adjacent to an activating group) is 1. The summed E-state index contributed by atoms with van der Waals surface area (Å²) in [7, 11) is 3.38. The van der Waals surface area contributed by atoms with Crippen molar-refractivity contribution in [2.24, 2.45) is 7.05 Å². The molecule has 1 aliphatic rings. The number of amides is 1. The van der Waals surface area contributed by atoms with E-state index in [1.54, 1.807) is 23.0 Å². The SMILES string of the molecule is CN1C(=N)N[C@](C)(c2cc(-c3cnn(C)c3)cs2)C(c2ccc(C(C)(F)F)cc2)C1=O. The summed E-state index contributed by atoms with van der Waals surface area (Å²) in [6, 6.07) is 7.86. The van der Waals surface area contributed by atoms with Crippen LogP contribution in [0.2, 0.25) is 0 Å². The maximum Gasteiger partial charge on any atom is 0.270 e. The van der Waals surface area contributed by atoms with Crippen molar-refractivity contribution in [2.75, 3.05) is 7.05 Å². The van der Waals surface area contributed by atoms with Gasteiger partial charge in [-0.1, -0.05) is 24.3 Å². The van der Waals surface area contributed by atoms with Gasteiger partial charge in [0.25, 0.3) is 5.92 Å². The van der Waals surface area contributed by atoms with Crippen LogP contribution < -0.4 is 5.32 Å². The maximum absolute atomic E-state index is 13.7. The van der Waals surface area contributed by atoms with Crippen molar-refractivity contribution >= 4 is 23.2 Å². The van der Waals surface area contributed by atoms with Crippen molar-refractivity contribution in [3.8, 4) is 11.1 Å². The largest absolute Gasteiger partial charge is 0.345 e. The van der Waals surface area contributed by atoms with Gasteiger partial charge >= 0.3 is 0 Å². The lowest BCUT2D eigenvalue weighted by atomic mass is 9.76. The minimum atomic E-state index is -2.96. The molecule has 6 nitrogen and oxygen atoms in total. The molecule has 1 aromatic carbocycles. The zero-order valence-electron chi connectivity index (χ0n) is 17.6. The molecule has 0 radical (unpaired) electrons. The predicted octanol–water partition coefficient (Wildman–Crippen LogP) is 4.26. The van der Waals surface area contributed by atoms with Gasteiger partial charge in [-0.3, -0.25) is 19.8 Å². The Hall–Kier alpha value is -3.07. The number of aryl methyl sites for hydroxylation is 1. The highest BCUT2D eigenvalue weighted by Gasteiger charge is 2.49. The summed E-state index contributed by atoms with van der Waals surface area (Å²) < 4.78 is 29.1. The van der Waals surface area contributed by atoms with Gasteiger partial charge in [-0.15, -0.1) is 11.3 Å². The van der Waals surface area contributed by atoms with Crippen LogP contribution in [0.25, 0.3) is 11.1 Å². The Labute approximate surface area is 183 Å². The lowest BCUT2D eigenvalue weighted by molar-refractivity contribution is -0.131. The number of hydrogen-bond donors (Lipinski definition) is 2. The number of nitrogens with zero attached hydrogens (tertiary/aromatic N) is 3. The van der Waals surface area contributed by atoms with E-state index < -0.39 is 17.4 Å². The predicted molar refractivity (Wildman–Crippen MR) is 116 cm³/mol. The summed E-state index contributed by atoms with van der Waals surface area (Å²) in [6.45, 7) is 2.72. The lowest BCUT2D eigenvalue weighted by Crippen LogP contribution is -2.62. The molecule has 0 spiro atoms. The number of alkyl halides is 2. The third-order valence-corrected chi connectivity index (χ3v) is 6.94. The highest BCUT2D eigenvalue weighted by atomic mass is 32.1. The number of benzene rings is 1. The van der Waals surface area contributed by atoms with E-state index in [2.05, 4.69) is 10.4 Å². The van der Waals surface area contributed by atoms with Crippen molar-refractivity contribution in [3.63, 3.8) is 0 Å². The minimum Gasteiger partial charge on any atom is -0.345 e. The zero-order chi connectivity index (χ0) is 22.6. The Morgan fingerprint density at radius 3 is 2.48 bits per heavy atom. The molecule has 2 aromatic heterocycles. The molecule has 3 heterocycles. The third-order valence-electron chi connectivity index (χ3n) is 5.77. The third kappa shape index (κ3) is 3.63. The Morgan fingerprint density at radius 2 is 1.90 bits per heavy atom. The molecule has 2 atom stereocenters. The first-order valence-electron chi connectivity index (χ1n) is 9.71. The molecule has 2 N–H and O–H groups in total. The van der Waals surface area contributed by atoms with E-state index >= 15 is 0 Å². The maximum atomic E-state index is 13.7. The fourth-order valence-electron chi connectivity index (χ4n) is 3.93. The average Bonchev–Trinajstić information content (AvgIpc) is 3.35. The molecule has 0 saturated carbocycles. The number of carbonyl (C=O) groups is 1. The Bertz CT molecular complexity index is 1150. The summed E-state index contributed by atoms with van der Waals surface area (Å²) in [5.74, 6) is -3.91. The number of rotatable bonds is 4. The summed E-state index contributed by atoms with van der Waals surface area (Å²) in [5.41, 5.74) is 1.51. The molecule has 4 rings (SSSR count). The van der Waals surface area contributed by atoms with Gasteiger partial charge in [0.2, 0.25) is 5.91 Å². The topological polar surface area (TPSA) is 74.0 Å². The van der Waals surface area contributed by atoms with Gasteiger partial charge in [-0.05, 0) is 29.5 Å². The van der Waals surface area contributed by atoms with E-state index in [1.807, 2.05) is 31.6 Å². The molecule has 0 bridgehead atoms. The lowest BCUT2D eigenvalue weighted by Gasteiger charge is -2.45. The van der Waals surface area contributed by atoms with Crippen LogP contribution in [0.4, 0.5) is 8.78 Å². The first-order chi connectivity index (χ1) is 14.5. The van der Waals surface area contributed by atoms with Crippen LogP contribution in [-0.4, -0.2) is 33.6 Å². The van der Waals surface area contributed by atoms with E-state index in [0.29, 0.717) is 5.56 Å². The number of hydrogen-bond acceptors (Lipinski definition) is 4. The number of thiophene rings is 1. The summed E-state index contributed by atoms with van der Waals surface area (Å²) >= 11 is 1.48. The molecule has 1 aliphatic heterocycles. The Kier molecular flexibility index (Phi) is 4.96. The normalized spacial score (nSPS) is 22.0. The molecule has 1 amide bonds. The van der Waals surface area contributed by atoms with Crippen molar-refractivity contribution in [1.29, 1.82) is 5.41 Å². The highest BCUT2D eigenvalue weighted by Crippen LogP contribution is 2.44. The fourth-order valence-corrected chi connectivity index (χ4v) is 5.00. The molecule has 1 unspecified atom stereocenters. The smallest absolute Gasteiger partial charge is 0.270 e. The van der Waals surface area contributed by atoms with Gasteiger partial charge in [-0.25, -0.2) is 8.78 Å². The zero-order valence-corrected chi connectivity index (χ0v) is 18.4. The van der Waals surface area contributed by atoms with Crippen molar-refractivity contribution in [1.82, 2.24) is 20.0 Å². The second-order valence-electron chi connectivity index (χ2n) is 8.12. The van der Waals surface area contributed by atoms with E-state index in [-0.39, 0.29) is 17.4 Å². The Morgan fingerprint density at radius 1 is 1.23 bits per heavy atom. The first kappa shape index (κ1) is 21.2. The van der Waals surface area contributed by atoms with Crippen LogP contribution in [0.15, 0.2) is 48.1 Å². The monoisotopic (exact) mass is 443 g/mol. The van der Waals surface area contributed by atoms with Gasteiger partial charge in [0.1, 0.15) is 0 Å². The van der Waals surface area contributed by atoms with Gasteiger partial charge in [-0.2, -0.15) is 5.10 Å². The molecular weight excluding hydrogens is 420 g/mol. The van der Waals surface area contributed by atoms with Gasteiger partial charge in [0.05, 0.1) is 17.7 Å². The van der Waals surface area contributed by atoms with Crippen LogP contribution in [-0.2, 0) is 23.3 Å². The molecule has 1 saturated heterocycles. The van der Waals surface area contributed by atoms with Gasteiger partial charge in [0.15, 0.2) is 5.96 Å². The van der Waals surface area contributed by atoms with E-state index in [4.69, 9.17) is 5.41 Å². The Balaban J connectivity index is 1.78. The number of nitrogens with one attached hydrogen (secondary N) is 2. The molecule has 0 aliphatic carbocycles. The van der Waals surface area contributed by atoms with E-state index in [0.717, 1.165) is 22.9 Å². The van der Waals surface area contributed by atoms with Crippen LogP contribution in [0, 0.1) is 5.41 Å². The van der Waals surface area contributed by atoms with Gasteiger partial charge < -0.3 is 5.32 Å².